The number of hydrogen-bond donors (Lipinski definition) is 3. The molecule has 2 aliphatic rings. The topological polar surface area (TPSA) is 93.9 Å². The van der Waals surface area contributed by atoms with Crippen molar-refractivity contribution in [1.29, 1.82) is 0 Å². The Morgan fingerprint density at radius 3 is 2.82 bits per heavy atom. The molecule has 3 heterocycles. The number of nitrogens with zero attached hydrogens (tertiary/aromatic N) is 2. The molecule has 3 N–H and O–H groups in total. The molecular weight excluding hydrogens is 222 g/mol. The molecule has 1 aromatic heterocycles. The van der Waals surface area contributed by atoms with E-state index < -0.39 is 11.2 Å². The summed E-state index contributed by atoms with van der Waals surface area (Å²) in [6.45, 7) is 1.58. The predicted octanol–water partition coefficient (Wildman–Crippen LogP) is -1.21. The van der Waals surface area contributed by atoms with E-state index in [1.807, 2.05) is 4.90 Å². The van der Waals surface area contributed by atoms with Crippen LogP contribution in [0, 0.1) is 0 Å². The Balaban J connectivity index is 1.88. The van der Waals surface area contributed by atoms with E-state index in [4.69, 9.17) is 0 Å². The molecule has 2 unspecified atom stereocenters. The first-order chi connectivity index (χ1) is 8.22. The fourth-order valence-electron chi connectivity index (χ4n) is 2.69. The van der Waals surface area contributed by atoms with Crippen LogP contribution in [0.25, 0.3) is 0 Å². The molecule has 0 saturated carbocycles. The fourth-order valence-corrected chi connectivity index (χ4v) is 2.69. The lowest BCUT2D eigenvalue weighted by molar-refractivity contribution is 0.563. The van der Waals surface area contributed by atoms with Crippen LogP contribution < -0.4 is 21.5 Å². The van der Waals surface area contributed by atoms with Crippen molar-refractivity contribution >= 4 is 5.82 Å². The minimum Gasteiger partial charge on any atom is -0.349 e. The highest BCUT2D eigenvalue weighted by atomic mass is 16.2. The van der Waals surface area contributed by atoms with Gasteiger partial charge in [0.05, 0.1) is 0 Å². The van der Waals surface area contributed by atoms with Gasteiger partial charge in [0.1, 0.15) is 0 Å². The van der Waals surface area contributed by atoms with Gasteiger partial charge >= 0.3 is 5.69 Å². The van der Waals surface area contributed by atoms with Gasteiger partial charge in [0.2, 0.25) is 5.82 Å². The third-order valence-corrected chi connectivity index (χ3v) is 3.52. The first kappa shape index (κ1) is 10.5. The second-order valence-corrected chi connectivity index (χ2v) is 4.70. The van der Waals surface area contributed by atoms with Gasteiger partial charge in [0, 0.05) is 25.2 Å². The van der Waals surface area contributed by atoms with Crippen LogP contribution in [0.15, 0.2) is 9.59 Å². The van der Waals surface area contributed by atoms with Crippen molar-refractivity contribution in [2.75, 3.05) is 18.0 Å². The zero-order valence-electron chi connectivity index (χ0n) is 9.40. The van der Waals surface area contributed by atoms with Crippen LogP contribution in [0.4, 0.5) is 5.82 Å². The maximum Gasteiger partial charge on any atom is 0.342 e. The quantitative estimate of drug-likeness (QED) is 0.570. The lowest BCUT2D eigenvalue weighted by Crippen LogP contribution is -2.40. The van der Waals surface area contributed by atoms with E-state index in [2.05, 4.69) is 20.5 Å². The van der Waals surface area contributed by atoms with Crippen LogP contribution in [0.5, 0.6) is 0 Å². The van der Waals surface area contributed by atoms with Crippen molar-refractivity contribution in [3.05, 3.63) is 20.8 Å². The number of H-pyrrole nitrogens is 2. The summed E-state index contributed by atoms with van der Waals surface area (Å²) in [6, 6.07) is 0.988. The summed E-state index contributed by atoms with van der Waals surface area (Å²) in [5, 5.41) is 9.65. The summed E-state index contributed by atoms with van der Waals surface area (Å²) in [4.78, 5) is 26.7. The molecular formula is C10H15N5O2. The van der Waals surface area contributed by atoms with Gasteiger partial charge in [-0.3, -0.25) is 9.78 Å². The van der Waals surface area contributed by atoms with Crippen molar-refractivity contribution in [3.8, 4) is 0 Å². The number of hydrogen-bond acceptors (Lipinski definition) is 5. The van der Waals surface area contributed by atoms with Crippen LogP contribution in [-0.2, 0) is 0 Å². The SMILES string of the molecule is O=c1[nH]nc(N2CCC3CCC(C2)N3)c(=O)[nH]1. The lowest BCUT2D eigenvalue weighted by atomic mass is 10.1. The molecule has 92 valence electrons. The van der Waals surface area contributed by atoms with Crippen LogP contribution in [0.1, 0.15) is 19.3 Å². The van der Waals surface area contributed by atoms with Gasteiger partial charge < -0.3 is 10.2 Å². The lowest BCUT2D eigenvalue weighted by Gasteiger charge is -2.23. The van der Waals surface area contributed by atoms with Crippen LogP contribution in [0.2, 0.25) is 0 Å². The molecule has 2 atom stereocenters. The molecule has 2 fully saturated rings. The summed E-state index contributed by atoms with van der Waals surface area (Å²) in [6.07, 6.45) is 3.37. The van der Waals surface area contributed by atoms with Gasteiger partial charge in [0.25, 0.3) is 5.56 Å². The predicted molar refractivity (Wildman–Crippen MR) is 62.3 cm³/mol. The summed E-state index contributed by atoms with van der Waals surface area (Å²) in [5.74, 6) is 0.318. The van der Waals surface area contributed by atoms with Crippen molar-refractivity contribution in [3.63, 3.8) is 0 Å². The minimum absolute atomic E-state index is 0.318. The number of aromatic amines is 2. The summed E-state index contributed by atoms with van der Waals surface area (Å²) in [7, 11) is 0. The molecule has 0 amide bonds. The van der Waals surface area contributed by atoms with Gasteiger partial charge in [-0.15, -0.1) is 5.10 Å². The maximum absolute atomic E-state index is 11.7. The molecule has 0 spiro atoms. The second kappa shape index (κ2) is 3.99. The van der Waals surface area contributed by atoms with E-state index in [0.29, 0.717) is 17.9 Å². The monoisotopic (exact) mass is 237 g/mol. The highest BCUT2D eigenvalue weighted by molar-refractivity contribution is 5.35. The molecule has 2 aliphatic heterocycles. The van der Waals surface area contributed by atoms with Crippen LogP contribution in [-0.4, -0.2) is 40.4 Å². The van der Waals surface area contributed by atoms with Gasteiger partial charge in [-0.2, -0.15) is 0 Å². The highest BCUT2D eigenvalue weighted by Crippen LogP contribution is 2.21. The zero-order valence-corrected chi connectivity index (χ0v) is 9.40. The Labute approximate surface area is 97.2 Å². The Morgan fingerprint density at radius 2 is 2.00 bits per heavy atom. The third kappa shape index (κ3) is 1.97. The van der Waals surface area contributed by atoms with E-state index in [-0.39, 0.29) is 0 Å². The van der Waals surface area contributed by atoms with Crippen molar-refractivity contribution in [2.45, 2.75) is 31.3 Å². The number of anilines is 1. The molecule has 3 rings (SSSR count). The molecule has 17 heavy (non-hydrogen) atoms. The first-order valence-electron chi connectivity index (χ1n) is 5.92. The van der Waals surface area contributed by atoms with E-state index in [0.717, 1.165) is 25.9 Å². The summed E-state index contributed by atoms with van der Waals surface area (Å²) < 4.78 is 0. The zero-order chi connectivity index (χ0) is 11.8. The third-order valence-electron chi connectivity index (χ3n) is 3.52. The Kier molecular flexibility index (Phi) is 2.47. The Morgan fingerprint density at radius 1 is 1.18 bits per heavy atom. The molecule has 0 radical (unpaired) electrons. The molecule has 2 saturated heterocycles. The largest absolute Gasteiger partial charge is 0.349 e. The standard InChI is InChI=1S/C10H15N5O2/c16-9-8(13-14-10(17)12-9)15-4-3-6-1-2-7(5-15)11-6/h6-7,11H,1-5H2,(H2,12,14,16,17). The number of nitrogens with one attached hydrogen (secondary N) is 3. The van der Waals surface area contributed by atoms with Crippen molar-refractivity contribution in [1.82, 2.24) is 20.5 Å². The van der Waals surface area contributed by atoms with Crippen LogP contribution >= 0.6 is 0 Å². The minimum atomic E-state index is -0.562. The summed E-state index contributed by atoms with van der Waals surface area (Å²) >= 11 is 0. The highest BCUT2D eigenvalue weighted by Gasteiger charge is 2.30. The molecule has 0 aliphatic carbocycles. The number of fused-ring (bicyclic) bond motifs is 2. The van der Waals surface area contributed by atoms with E-state index in [1.54, 1.807) is 0 Å². The smallest absolute Gasteiger partial charge is 0.342 e. The molecule has 2 bridgehead atoms. The van der Waals surface area contributed by atoms with E-state index in [9.17, 15) is 9.59 Å². The Hall–Kier alpha value is -1.63. The van der Waals surface area contributed by atoms with Gasteiger partial charge in [-0.1, -0.05) is 0 Å². The second-order valence-electron chi connectivity index (χ2n) is 4.70. The van der Waals surface area contributed by atoms with Crippen molar-refractivity contribution < 1.29 is 0 Å². The maximum atomic E-state index is 11.7. The summed E-state index contributed by atoms with van der Waals surface area (Å²) in [5.41, 5.74) is -0.972. The van der Waals surface area contributed by atoms with Gasteiger partial charge in [0.15, 0.2) is 0 Å². The molecule has 0 aromatic carbocycles. The average molecular weight is 237 g/mol. The fraction of sp³-hybridized carbons (Fsp3) is 0.700. The average Bonchev–Trinajstić information content (AvgIpc) is 2.60. The van der Waals surface area contributed by atoms with E-state index >= 15 is 0 Å². The van der Waals surface area contributed by atoms with Crippen molar-refractivity contribution in [2.24, 2.45) is 0 Å². The molecule has 7 heteroatoms. The first-order valence-corrected chi connectivity index (χ1v) is 5.92. The van der Waals surface area contributed by atoms with Gasteiger partial charge in [-0.05, 0) is 19.3 Å². The molecule has 7 nitrogen and oxygen atoms in total. The Bertz CT molecular complexity index is 522. The van der Waals surface area contributed by atoms with E-state index in [1.165, 1.54) is 6.42 Å². The normalized spacial score (nSPS) is 28.1. The number of rotatable bonds is 1. The van der Waals surface area contributed by atoms with Crippen LogP contribution in [0.3, 0.4) is 0 Å². The molecule has 1 aromatic rings. The number of aromatic nitrogens is 3. The van der Waals surface area contributed by atoms with Gasteiger partial charge in [-0.25, -0.2) is 9.89 Å².